The summed E-state index contributed by atoms with van der Waals surface area (Å²) in [5, 5.41) is 24.4. The highest BCUT2D eigenvalue weighted by molar-refractivity contribution is 6.31. The van der Waals surface area contributed by atoms with Crippen LogP contribution in [-0.4, -0.2) is 94.9 Å². The minimum atomic E-state index is -3.09. The summed E-state index contributed by atoms with van der Waals surface area (Å²) in [6.45, 7) is 1.37. The zero-order chi connectivity index (χ0) is 29.1. The van der Waals surface area contributed by atoms with Crippen molar-refractivity contribution in [3.05, 3.63) is 65.5 Å². The molecule has 42 heavy (non-hydrogen) atoms. The van der Waals surface area contributed by atoms with Crippen LogP contribution in [0.3, 0.4) is 0 Å². The van der Waals surface area contributed by atoms with Crippen molar-refractivity contribution in [1.82, 2.24) is 49.5 Å². The van der Waals surface area contributed by atoms with E-state index >= 15 is 0 Å². The molecule has 6 rings (SSSR count). The van der Waals surface area contributed by atoms with Crippen LogP contribution in [0.4, 0.5) is 14.5 Å². The number of carbonyl (C=O) groups is 1. The van der Waals surface area contributed by atoms with Crippen molar-refractivity contribution in [3.63, 3.8) is 0 Å². The minimum Gasteiger partial charge on any atom is -0.434 e. The van der Waals surface area contributed by atoms with Crippen LogP contribution >= 0.6 is 11.6 Å². The number of halogens is 3. The van der Waals surface area contributed by atoms with Crippen LogP contribution in [0.1, 0.15) is 16.2 Å². The summed E-state index contributed by atoms with van der Waals surface area (Å²) in [6.07, 6.45) is 6.11. The van der Waals surface area contributed by atoms with Gasteiger partial charge in [-0.05, 0) is 29.5 Å². The summed E-state index contributed by atoms with van der Waals surface area (Å²) in [7, 11) is 0. The normalized spacial score (nSPS) is 14.1. The second-order valence-corrected chi connectivity index (χ2v) is 9.70. The van der Waals surface area contributed by atoms with Gasteiger partial charge in [0.2, 0.25) is 0 Å². The molecule has 14 nitrogen and oxygen atoms in total. The van der Waals surface area contributed by atoms with Crippen molar-refractivity contribution in [2.45, 2.75) is 19.7 Å². The number of amides is 1. The lowest BCUT2D eigenvalue weighted by atomic mass is 10.1. The Bertz CT molecular complexity index is 1700. The molecule has 0 bridgehead atoms. The summed E-state index contributed by atoms with van der Waals surface area (Å²) in [5.74, 6) is -0.333. The van der Waals surface area contributed by atoms with Gasteiger partial charge in [-0.25, -0.2) is 9.50 Å². The van der Waals surface area contributed by atoms with Gasteiger partial charge in [-0.15, -0.1) is 10.2 Å². The van der Waals surface area contributed by atoms with Crippen molar-refractivity contribution in [1.29, 1.82) is 0 Å². The van der Waals surface area contributed by atoms with Gasteiger partial charge in [0.1, 0.15) is 23.6 Å². The largest absolute Gasteiger partial charge is 0.434 e. The van der Waals surface area contributed by atoms with E-state index in [1.165, 1.54) is 50.8 Å². The fourth-order valence-electron chi connectivity index (χ4n) is 4.49. The molecule has 1 aliphatic heterocycles. The molecule has 5 aromatic rings. The lowest BCUT2D eigenvalue weighted by Gasteiger charge is -2.25. The number of carbonyl (C=O) groups excluding carboxylic acids is 1. The number of hydrogen-bond acceptors (Lipinski definition) is 10. The number of fused-ring (bicyclic) bond motifs is 1. The Balaban J connectivity index is 1.28. The quantitative estimate of drug-likeness (QED) is 0.254. The van der Waals surface area contributed by atoms with E-state index in [9.17, 15) is 13.6 Å². The summed E-state index contributed by atoms with van der Waals surface area (Å²) in [5.41, 5.74) is 1.04. The Hall–Kier alpha value is -4.54. The first kappa shape index (κ1) is 27.6. The molecule has 0 atom stereocenters. The van der Waals surface area contributed by atoms with Gasteiger partial charge in [0.25, 0.3) is 5.91 Å². The van der Waals surface area contributed by atoms with Crippen LogP contribution in [0, 0.1) is 0 Å². The summed E-state index contributed by atoms with van der Waals surface area (Å²) >= 11 is 6.21. The lowest BCUT2D eigenvalue weighted by Crippen LogP contribution is -2.38. The average molecular weight is 600 g/mol. The fraction of sp³-hybridized carbons (Fsp3) is 0.320. The Morgan fingerprint density at radius 2 is 2.05 bits per heavy atom. The number of aromatic nitrogens is 9. The third kappa shape index (κ3) is 6.19. The molecule has 17 heteroatoms. The maximum absolute atomic E-state index is 13.3. The van der Waals surface area contributed by atoms with Crippen molar-refractivity contribution in [2.24, 2.45) is 0 Å². The molecule has 1 aromatic carbocycles. The summed E-state index contributed by atoms with van der Waals surface area (Å²) < 4.78 is 39.5. The lowest BCUT2D eigenvalue weighted by molar-refractivity contribution is -0.0494. The van der Waals surface area contributed by atoms with Gasteiger partial charge in [0.15, 0.2) is 11.5 Å². The standard InChI is InChI=1S/C25H24ClF2N11O3/c26-16-2-3-20(42-25(27)28)17(12-16)22-19(31-24(40)18-13-30-38-5-1-4-29-23(18)38)14-37(34-22)15-21-32-35-39(33-21)7-6-36-8-10-41-11-9-36/h1-5,12-14,25H,6-11,15H2,(H,31,40). The van der Waals surface area contributed by atoms with Crippen molar-refractivity contribution >= 4 is 28.8 Å². The second kappa shape index (κ2) is 12.1. The van der Waals surface area contributed by atoms with E-state index in [4.69, 9.17) is 21.1 Å². The molecule has 1 fully saturated rings. The fourth-order valence-corrected chi connectivity index (χ4v) is 4.66. The van der Waals surface area contributed by atoms with Crippen molar-refractivity contribution < 1.29 is 23.0 Å². The molecule has 1 amide bonds. The number of hydrogen-bond donors (Lipinski definition) is 1. The SMILES string of the molecule is O=C(Nc1cn(Cc2nnn(CCN3CCOCC3)n2)nc1-c1cc(Cl)ccc1OC(F)F)c1cnn2cccnc12. The first-order valence-corrected chi connectivity index (χ1v) is 13.3. The van der Waals surface area contributed by atoms with Gasteiger partial charge in [-0.1, -0.05) is 11.6 Å². The van der Waals surface area contributed by atoms with Crippen LogP contribution in [0.5, 0.6) is 5.75 Å². The molecular formula is C25H24ClF2N11O3. The number of nitrogens with zero attached hydrogens (tertiary/aromatic N) is 10. The highest BCUT2D eigenvalue weighted by Crippen LogP contribution is 2.37. The maximum Gasteiger partial charge on any atom is 0.387 e. The van der Waals surface area contributed by atoms with Gasteiger partial charge >= 0.3 is 6.61 Å². The van der Waals surface area contributed by atoms with Gasteiger partial charge in [0, 0.05) is 48.8 Å². The average Bonchev–Trinajstić information content (AvgIpc) is 3.72. The first-order chi connectivity index (χ1) is 20.4. The van der Waals surface area contributed by atoms with Gasteiger partial charge < -0.3 is 14.8 Å². The minimum absolute atomic E-state index is 0.0876. The number of rotatable bonds is 10. The van der Waals surface area contributed by atoms with E-state index in [1.807, 2.05) is 0 Å². The van der Waals surface area contributed by atoms with Gasteiger partial charge in [0.05, 0.1) is 31.6 Å². The van der Waals surface area contributed by atoms with E-state index in [0.717, 1.165) is 19.6 Å². The molecule has 4 aromatic heterocycles. The maximum atomic E-state index is 13.3. The molecular weight excluding hydrogens is 576 g/mol. The van der Waals surface area contributed by atoms with Crippen LogP contribution in [0.2, 0.25) is 5.02 Å². The molecule has 1 saturated heterocycles. The predicted octanol–water partition coefficient (Wildman–Crippen LogP) is 2.47. The van der Waals surface area contributed by atoms with E-state index in [1.54, 1.807) is 12.3 Å². The van der Waals surface area contributed by atoms with E-state index in [2.05, 4.69) is 40.8 Å². The molecule has 0 radical (unpaired) electrons. The molecule has 1 aliphatic rings. The van der Waals surface area contributed by atoms with Crippen LogP contribution in [0.15, 0.2) is 49.1 Å². The van der Waals surface area contributed by atoms with E-state index in [0.29, 0.717) is 31.2 Å². The van der Waals surface area contributed by atoms with E-state index in [-0.39, 0.29) is 39.8 Å². The van der Waals surface area contributed by atoms with Gasteiger partial charge in [-0.2, -0.15) is 23.8 Å². The molecule has 0 aliphatic carbocycles. The first-order valence-electron chi connectivity index (χ1n) is 12.9. The molecule has 0 spiro atoms. The second-order valence-electron chi connectivity index (χ2n) is 9.26. The van der Waals surface area contributed by atoms with Crippen molar-refractivity contribution in [3.8, 4) is 17.0 Å². The third-order valence-electron chi connectivity index (χ3n) is 6.46. The molecule has 1 N–H and O–H groups in total. The number of tetrazole rings is 1. The number of benzene rings is 1. The van der Waals surface area contributed by atoms with Crippen LogP contribution in [0.25, 0.3) is 16.9 Å². The Kier molecular flexibility index (Phi) is 7.98. The molecule has 5 heterocycles. The highest BCUT2D eigenvalue weighted by atomic mass is 35.5. The number of ether oxygens (including phenoxy) is 2. The molecule has 0 unspecified atom stereocenters. The molecule has 218 valence electrons. The number of alkyl halides is 2. The van der Waals surface area contributed by atoms with Crippen molar-refractivity contribution in [2.75, 3.05) is 38.2 Å². The Labute approximate surface area is 241 Å². The monoisotopic (exact) mass is 599 g/mol. The Morgan fingerprint density at radius 3 is 2.88 bits per heavy atom. The van der Waals surface area contributed by atoms with Crippen LogP contribution in [-0.2, 0) is 17.8 Å². The summed E-state index contributed by atoms with van der Waals surface area (Å²) in [6, 6.07) is 5.84. The molecule has 0 saturated carbocycles. The Morgan fingerprint density at radius 1 is 1.19 bits per heavy atom. The van der Waals surface area contributed by atoms with E-state index < -0.39 is 12.5 Å². The zero-order valence-electron chi connectivity index (χ0n) is 22.0. The van der Waals surface area contributed by atoms with Crippen LogP contribution < -0.4 is 10.1 Å². The zero-order valence-corrected chi connectivity index (χ0v) is 22.7. The topological polar surface area (TPSA) is 142 Å². The number of nitrogens with one attached hydrogen (secondary N) is 1. The summed E-state index contributed by atoms with van der Waals surface area (Å²) in [4.78, 5) is 21.3. The van der Waals surface area contributed by atoms with Gasteiger partial charge in [-0.3, -0.25) is 14.4 Å². The number of anilines is 1. The highest BCUT2D eigenvalue weighted by Gasteiger charge is 2.23. The predicted molar refractivity (Wildman–Crippen MR) is 144 cm³/mol. The smallest absolute Gasteiger partial charge is 0.387 e. The number of morpholine rings is 1. The third-order valence-corrected chi connectivity index (χ3v) is 6.70.